The molecule has 0 unspecified atom stereocenters. The fourth-order valence-corrected chi connectivity index (χ4v) is 2.98. The molecule has 0 aliphatic rings. The topological polar surface area (TPSA) is 24.9 Å². The van der Waals surface area contributed by atoms with E-state index >= 15 is 0 Å². The largest absolute Gasteiger partial charge is 0.308 e. The molecule has 0 atom stereocenters. The monoisotopic (exact) mass is 274 g/mol. The molecule has 0 saturated carbocycles. The van der Waals surface area contributed by atoms with Crippen molar-refractivity contribution in [3.05, 3.63) is 51.0 Å². The summed E-state index contributed by atoms with van der Waals surface area (Å²) in [5.74, 6) is 0.602. The molecule has 2 rings (SSSR count). The van der Waals surface area contributed by atoms with Gasteiger partial charge in [-0.2, -0.15) is 0 Å². The first-order valence-corrected chi connectivity index (χ1v) is 7.60. The molecular weight excluding hydrogens is 252 g/mol. The predicted octanol–water partition coefficient (Wildman–Crippen LogP) is 4.17. The lowest BCUT2D eigenvalue weighted by molar-refractivity contribution is 0.696. The Balaban J connectivity index is 1.87. The summed E-state index contributed by atoms with van der Waals surface area (Å²) in [4.78, 5) is 5.79. The molecule has 0 amide bonds. The van der Waals surface area contributed by atoms with E-state index in [1.165, 1.54) is 16.0 Å². The van der Waals surface area contributed by atoms with E-state index in [-0.39, 0.29) is 0 Å². The molecule has 2 nitrogen and oxygen atoms in total. The third-order valence-electron chi connectivity index (χ3n) is 3.26. The summed E-state index contributed by atoms with van der Waals surface area (Å²) in [6, 6.07) is 8.88. The second-order valence-electron chi connectivity index (χ2n) is 5.24. The third-order valence-corrected chi connectivity index (χ3v) is 4.33. The van der Waals surface area contributed by atoms with Crippen molar-refractivity contribution in [2.24, 2.45) is 0 Å². The van der Waals surface area contributed by atoms with E-state index in [1.807, 2.05) is 0 Å². The molecular formula is C16H22N2S. The molecule has 0 aliphatic carbocycles. The Hall–Kier alpha value is -1.19. The summed E-state index contributed by atoms with van der Waals surface area (Å²) in [6.45, 7) is 10.4. The number of aromatic nitrogens is 1. The molecule has 1 heterocycles. The Morgan fingerprint density at radius 1 is 1.11 bits per heavy atom. The van der Waals surface area contributed by atoms with Crippen molar-refractivity contribution in [2.45, 2.75) is 46.7 Å². The van der Waals surface area contributed by atoms with Crippen molar-refractivity contribution in [1.29, 1.82) is 0 Å². The molecule has 1 N–H and O–H groups in total. The summed E-state index contributed by atoms with van der Waals surface area (Å²) in [6.07, 6.45) is 0. The smallest absolute Gasteiger partial charge is 0.0900 e. The van der Waals surface area contributed by atoms with Gasteiger partial charge in [0.1, 0.15) is 0 Å². The fraction of sp³-hybridized carbons (Fsp3) is 0.438. The first-order valence-electron chi connectivity index (χ1n) is 6.78. The third kappa shape index (κ3) is 3.88. The highest BCUT2D eigenvalue weighted by Crippen LogP contribution is 2.17. The van der Waals surface area contributed by atoms with Crippen LogP contribution in [0.5, 0.6) is 0 Å². The van der Waals surface area contributed by atoms with Gasteiger partial charge < -0.3 is 5.32 Å². The molecule has 0 bridgehead atoms. The summed E-state index contributed by atoms with van der Waals surface area (Å²) >= 11 is 1.78. The molecule has 1 aromatic heterocycles. The van der Waals surface area contributed by atoms with Crippen LogP contribution in [0.15, 0.2) is 24.3 Å². The number of hydrogen-bond donors (Lipinski definition) is 1. The highest BCUT2D eigenvalue weighted by molar-refractivity contribution is 7.11. The lowest BCUT2D eigenvalue weighted by Crippen LogP contribution is -2.12. The number of aryl methyl sites for hydroxylation is 2. The van der Waals surface area contributed by atoms with Crippen molar-refractivity contribution in [3.8, 4) is 0 Å². The van der Waals surface area contributed by atoms with Gasteiger partial charge in [0.2, 0.25) is 0 Å². The Bertz CT molecular complexity index is 526. The molecule has 102 valence electrons. The van der Waals surface area contributed by atoms with Crippen LogP contribution in [-0.2, 0) is 13.1 Å². The van der Waals surface area contributed by atoms with E-state index in [0.29, 0.717) is 5.92 Å². The van der Waals surface area contributed by atoms with Crippen LogP contribution in [0.2, 0.25) is 0 Å². The fourth-order valence-electron chi connectivity index (χ4n) is 2.08. The zero-order valence-electron chi connectivity index (χ0n) is 12.2. The summed E-state index contributed by atoms with van der Waals surface area (Å²) < 4.78 is 0. The van der Waals surface area contributed by atoms with Crippen molar-refractivity contribution in [1.82, 2.24) is 10.3 Å². The number of rotatable bonds is 5. The number of nitrogens with zero attached hydrogens (tertiary/aromatic N) is 1. The van der Waals surface area contributed by atoms with Gasteiger partial charge >= 0.3 is 0 Å². The average Bonchev–Trinajstić information content (AvgIpc) is 2.68. The minimum Gasteiger partial charge on any atom is -0.308 e. The maximum Gasteiger partial charge on any atom is 0.0900 e. The molecule has 0 saturated heterocycles. The zero-order chi connectivity index (χ0) is 13.8. The zero-order valence-corrected chi connectivity index (χ0v) is 13.0. The van der Waals surface area contributed by atoms with Crippen LogP contribution in [0.1, 0.15) is 46.5 Å². The van der Waals surface area contributed by atoms with Crippen LogP contribution in [0.3, 0.4) is 0 Å². The summed E-state index contributed by atoms with van der Waals surface area (Å²) in [5.41, 5.74) is 3.89. The van der Waals surface area contributed by atoms with E-state index < -0.39 is 0 Å². The molecule has 0 aliphatic heterocycles. The van der Waals surface area contributed by atoms with Gasteiger partial charge in [-0.05, 0) is 30.9 Å². The Morgan fingerprint density at radius 2 is 1.79 bits per heavy atom. The lowest BCUT2D eigenvalue weighted by Gasteiger charge is -2.07. The second kappa shape index (κ2) is 6.31. The van der Waals surface area contributed by atoms with Gasteiger partial charge in [0, 0.05) is 18.0 Å². The van der Waals surface area contributed by atoms with Crippen LogP contribution in [0.4, 0.5) is 0 Å². The quantitative estimate of drug-likeness (QED) is 0.885. The van der Waals surface area contributed by atoms with Gasteiger partial charge in [0.25, 0.3) is 0 Å². The van der Waals surface area contributed by atoms with Gasteiger partial charge in [0.05, 0.1) is 10.7 Å². The van der Waals surface area contributed by atoms with Crippen molar-refractivity contribution in [2.75, 3.05) is 0 Å². The molecule has 19 heavy (non-hydrogen) atoms. The van der Waals surface area contributed by atoms with Gasteiger partial charge in [-0.15, -0.1) is 11.3 Å². The standard InChI is InChI=1S/C16H22N2S/c1-11(2)15-7-5-14(6-8-15)9-17-10-16-12(3)18-13(4)19-16/h5-8,11,17H,9-10H2,1-4H3. The highest BCUT2D eigenvalue weighted by atomic mass is 32.1. The molecule has 0 radical (unpaired) electrons. The average molecular weight is 274 g/mol. The van der Waals surface area contributed by atoms with Gasteiger partial charge in [-0.3, -0.25) is 0 Å². The number of nitrogens with one attached hydrogen (secondary N) is 1. The van der Waals surface area contributed by atoms with Gasteiger partial charge in [0.15, 0.2) is 0 Å². The maximum absolute atomic E-state index is 4.45. The molecule has 3 heteroatoms. The SMILES string of the molecule is Cc1nc(C)c(CNCc2ccc(C(C)C)cc2)s1. The Morgan fingerprint density at radius 3 is 2.32 bits per heavy atom. The van der Waals surface area contributed by atoms with Crippen LogP contribution in [0.25, 0.3) is 0 Å². The highest BCUT2D eigenvalue weighted by Gasteiger charge is 2.04. The Labute approximate surface area is 119 Å². The molecule has 0 spiro atoms. The number of thiazole rings is 1. The minimum absolute atomic E-state index is 0.602. The van der Waals surface area contributed by atoms with E-state index in [9.17, 15) is 0 Å². The number of hydrogen-bond acceptors (Lipinski definition) is 3. The van der Waals surface area contributed by atoms with E-state index in [0.717, 1.165) is 23.8 Å². The van der Waals surface area contributed by atoms with Crippen LogP contribution in [0, 0.1) is 13.8 Å². The predicted molar refractivity (Wildman–Crippen MR) is 82.7 cm³/mol. The van der Waals surface area contributed by atoms with Gasteiger partial charge in [-0.25, -0.2) is 4.98 Å². The van der Waals surface area contributed by atoms with Crippen molar-refractivity contribution in [3.63, 3.8) is 0 Å². The minimum atomic E-state index is 0.602. The van der Waals surface area contributed by atoms with Crippen molar-refractivity contribution < 1.29 is 0 Å². The molecule has 1 aromatic carbocycles. The van der Waals surface area contributed by atoms with Crippen LogP contribution < -0.4 is 5.32 Å². The first-order chi connectivity index (χ1) is 9.06. The molecule has 2 aromatic rings. The van der Waals surface area contributed by atoms with Crippen molar-refractivity contribution >= 4 is 11.3 Å². The maximum atomic E-state index is 4.45. The summed E-state index contributed by atoms with van der Waals surface area (Å²) in [5, 5.41) is 4.64. The lowest BCUT2D eigenvalue weighted by atomic mass is 10.0. The normalized spacial score (nSPS) is 11.2. The Kier molecular flexibility index (Phi) is 4.72. The van der Waals surface area contributed by atoms with E-state index in [2.05, 4.69) is 62.3 Å². The first kappa shape index (κ1) is 14.2. The van der Waals surface area contributed by atoms with Crippen LogP contribution in [-0.4, -0.2) is 4.98 Å². The second-order valence-corrected chi connectivity index (χ2v) is 6.53. The summed E-state index contributed by atoms with van der Waals surface area (Å²) in [7, 11) is 0. The molecule has 0 fully saturated rings. The van der Waals surface area contributed by atoms with Crippen LogP contribution >= 0.6 is 11.3 Å². The van der Waals surface area contributed by atoms with E-state index in [4.69, 9.17) is 0 Å². The van der Waals surface area contributed by atoms with Gasteiger partial charge in [-0.1, -0.05) is 38.1 Å². The van der Waals surface area contributed by atoms with E-state index in [1.54, 1.807) is 11.3 Å². The number of benzene rings is 1.